The second kappa shape index (κ2) is 7.96. The Morgan fingerprint density at radius 3 is 2.75 bits per heavy atom. The summed E-state index contributed by atoms with van der Waals surface area (Å²) < 4.78 is 5.71. The third-order valence-corrected chi connectivity index (χ3v) is 4.29. The summed E-state index contributed by atoms with van der Waals surface area (Å²) in [6.45, 7) is 11.8. The van der Waals surface area contributed by atoms with Crippen molar-refractivity contribution in [2.45, 2.75) is 64.6 Å². The van der Waals surface area contributed by atoms with Crippen molar-refractivity contribution >= 4 is 5.91 Å². The third kappa shape index (κ3) is 4.72. The van der Waals surface area contributed by atoms with E-state index in [1.54, 1.807) is 0 Å². The van der Waals surface area contributed by atoms with E-state index in [0.29, 0.717) is 12.1 Å². The van der Waals surface area contributed by atoms with E-state index in [4.69, 9.17) is 10.5 Å². The molecule has 5 heteroatoms. The van der Waals surface area contributed by atoms with Gasteiger partial charge in [-0.2, -0.15) is 0 Å². The van der Waals surface area contributed by atoms with Gasteiger partial charge in [0.25, 0.3) is 0 Å². The highest BCUT2D eigenvalue weighted by molar-refractivity contribution is 5.84. The molecule has 0 spiro atoms. The minimum absolute atomic E-state index is 0.262. The number of amides is 1. The van der Waals surface area contributed by atoms with Crippen LogP contribution in [-0.2, 0) is 9.53 Å². The summed E-state index contributed by atoms with van der Waals surface area (Å²) in [6, 6.07) is 0.505. The second-order valence-electron chi connectivity index (χ2n) is 6.03. The van der Waals surface area contributed by atoms with Gasteiger partial charge in [-0.3, -0.25) is 9.69 Å². The van der Waals surface area contributed by atoms with Crippen LogP contribution in [-0.4, -0.2) is 54.7 Å². The molecule has 1 saturated heterocycles. The number of rotatable bonds is 8. The van der Waals surface area contributed by atoms with Crippen LogP contribution in [0.15, 0.2) is 0 Å². The van der Waals surface area contributed by atoms with Crippen molar-refractivity contribution in [3.8, 4) is 0 Å². The van der Waals surface area contributed by atoms with E-state index in [1.807, 2.05) is 13.8 Å². The third-order valence-electron chi connectivity index (χ3n) is 4.29. The molecule has 1 aliphatic rings. The van der Waals surface area contributed by atoms with E-state index in [-0.39, 0.29) is 5.91 Å². The summed E-state index contributed by atoms with van der Waals surface area (Å²) in [5.41, 5.74) is 4.93. The minimum atomic E-state index is -0.589. The fourth-order valence-corrected chi connectivity index (χ4v) is 2.89. The van der Waals surface area contributed by atoms with Crippen LogP contribution in [0.5, 0.6) is 0 Å². The normalized spacial score (nSPS) is 27.2. The number of morpholine rings is 1. The summed E-state index contributed by atoms with van der Waals surface area (Å²) in [5.74, 6) is -0.262. The number of carbonyl (C=O) groups excluding carboxylic acids is 1. The molecule has 0 aliphatic carbocycles. The van der Waals surface area contributed by atoms with Crippen LogP contribution < -0.4 is 11.1 Å². The van der Waals surface area contributed by atoms with Gasteiger partial charge in [0.2, 0.25) is 5.91 Å². The molecule has 0 aromatic heterocycles. The van der Waals surface area contributed by atoms with Gasteiger partial charge in [0, 0.05) is 12.6 Å². The monoisotopic (exact) mass is 285 g/mol. The average molecular weight is 285 g/mol. The standard InChI is InChI=1S/C15H31N3O2/c1-5-13-11-20-12(3)10-18(13)9-7-8-15(4,14(16)19)17-6-2/h12-13,17H,5-11H2,1-4H3,(H2,16,19). The molecule has 0 radical (unpaired) electrons. The zero-order valence-corrected chi connectivity index (χ0v) is 13.4. The van der Waals surface area contributed by atoms with E-state index in [0.717, 1.165) is 45.5 Å². The molecule has 1 aliphatic heterocycles. The first kappa shape index (κ1) is 17.4. The summed E-state index contributed by atoms with van der Waals surface area (Å²) >= 11 is 0. The van der Waals surface area contributed by atoms with Crippen LogP contribution in [0.3, 0.4) is 0 Å². The Morgan fingerprint density at radius 2 is 2.20 bits per heavy atom. The predicted molar refractivity (Wildman–Crippen MR) is 81.6 cm³/mol. The maximum atomic E-state index is 11.6. The highest BCUT2D eigenvalue weighted by Crippen LogP contribution is 2.17. The van der Waals surface area contributed by atoms with Gasteiger partial charge in [-0.15, -0.1) is 0 Å². The molecule has 1 amide bonds. The van der Waals surface area contributed by atoms with Gasteiger partial charge in [0.1, 0.15) is 0 Å². The molecule has 5 nitrogen and oxygen atoms in total. The molecule has 0 aromatic rings. The van der Waals surface area contributed by atoms with Crippen molar-refractivity contribution in [3.63, 3.8) is 0 Å². The quantitative estimate of drug-likeness (QED) is 0.701. The largest absolute Gasteiger partial charge is 0.376 e. The Morgan fingerprint density at radius 1 is 1.50 bits per heavy atom. The number of nitrogens with two attached hydrogens (primary N) is 1. The maximum absolute atomic E-state index is 11.6. The van der Waals surface area contributed by atoms with E-state index in [9.17, 15) is 4.79 Å². The van der Waals surface area contributed by atoms with E-state index >= 15 is 0 Å². The number of hydrogen-bond acceptors (Lipinski definition) is 4. The van der Waals surface area contributed by atoms with Crippen molar-refractivity contribution in [2.24, 2.45) is 5.73 Å². The molecule has 118 valence electrons. The number of likely N-dealkylation sites (N-methyl/N-ethyl adjacent to an activating group) is 1. The molecule has 0 aromatic carbocycles. The fraction of sp³-hybridized carbons (Fsp3) is 0.933. The summed E-state index contributed by atoms with van der Waals surface area (Å²) in [4.78, 5) is 14.1. The number of hydrogen-bond donors (Lipinski definition) is 2. The minimum Gasteiger partial charge on any atom is -0.376 e. The molecule has 20 heavy (non-hydrogen) atoms. The molecule has 0 saturated carbocycles. The average Bonchev–Trinajstić information content (AvgIpc) is 2.39. The molecular formula is C15H31N3O2. The summed E-state index contributed by atoms with van der Waals surface area (Å²) in [5, 5.41) is 3.21. The van der Waals surface area contributed by atoms with Crippen LogP contribution in [0.4, 0.5) is 0 Å². The lowest BCUT2D eigenvalue weighted by Gasteiger charge is -2.39. The lowest BCUT2D eigenvalue weighted by atomic mass is 9.94. The van der Waals surface area contributed by atoms with Crippen molar-refractivity contribution in [1.82, 2.24) is 10.2 Å². The molecule has 1 fully saturated rings. The van der Waals surface area contributed by atoms with Gasteiger partial charge in [0.15, 0.2) is 0 Å². The van der Waals surface area contributed by atoms with Gasteiger partial charge < -0.3 is 15.8 Å². The zero-order valence-electron chi connectivity index (χ0n) is 13.4. The molecule has 1 heterocycles. The van der Waals surface area contributed by atoms with Gasteiger partial charge in [-0.25, -0.2) is 0 Å². The van der Waals surface area contributed by atoms with Crippen LogP contribution in [0.1, 0.15) is 47.0 Å². The zero-order chi connectivity index (χ0) is 15.2. The second-order valence-corrected chi connectivity index (χ2v) is 6.03. The fourth-order valence-electron chi connectivity index (χ4n) is 2.89. The van der Waals surface area contributed by atoms with Crippen molar-refractivity contribution in [1.29, 1.82) is 0 Å². The highest BCUT2D eigenvalue weighted by Gasteiger charge is 2.30. The summed E-state index contributed by atoms with van der Waals surface area (Å²) in [7, 11) is 0. The van der Waals surface area contributed by atoms with E-state index < -0.39 is 5.54 Å². The first-order valence-corrected chi connectivity index (χ1v) is 7.83. The first-order valence-electron chi connectivity index (χ1n) is 7.83. The van der Waals surface area contributed by atoms with Crippen LogP contribution >= 0.6 is 0 Å². The lowest BCUT2D eigenvalue weighted by molar-refractivity contribution is -0.124. The van der Waals surface area contributed by atoms with Gasteiger partial charge in [0.05, 0.1) is 18.2 Å². The molecular weight excluding hydrogens is 254 g/mol. The van der Waals surface area contributed by atoms with E-state index in [2.05, 4.69) is 24.1 Å². The number of ether oxygens (including phenoxy) is 1. The number of carbonyl (C=O) groups is 1. The Bertz CT molecular complexity index is 311. The number of nitrogens with one attached hydrogen (secondary N) is 1. The maximum Gasteiger partial charge on any atom is 0.237 e. The van der Waals surface area contributed by atoms with Gasteiger partial charge >= 0.3 is 0 Å². The van der Waals surface area contributed by atoms with E-state index in [1.165, 1.54) is 0 Å². The molecule has 1 rings (SSSR count). The molecule has 3 atom stereocenters. The van der Waals surface area contributed by atoms with Gasteiger partial charge in [-0.05, 0) is 46.2 Å². The highest BCUT2D eigenvalue weighted by atomic mass is 16.5. The lowest BCUT2D eigenvalue weighted by Crippen LogP contribution is -2.54. The SMILES string of the molecule is CCNC(C)(CCCN1CC(C)OCC1CC)C(N)=O. The Kier molecular flexibility index (Phi) is 6.92. The van der Waals surface area contributed by atoms with Crippen LogP contribution in [0.25, 0.3) is 0 Å². The molecule has 0 bridgehead atoms. The number of primary amides is 1. The number of nitrogens with zero attached hydrogens (tertiary/aromatic N) is 1. The molecule has 3 unspecified atom stereocenters. The van der Waals surface area contributed by atoms with Crippen molar-refractivity contribution < 1.29 is 9.53 Å². The Hall–Kier alpha value is -0.650. The molecule has 3 N–H and O–H groups in total. The summed E-state index contributed by atoms with van der Waals surface area (Å²) in [6.07, 6.45) is 3.15. The Balaban J connectivity index is 2.46. The van der Waals surface area contributed by atoms with Crippen molar-refractivity contribution in [3.05, 3.63) is 0 Å². The van der Waals surface area contributed by atoms with Crippen molar-refractivity contribution in [2.75, 3.05) is 26.2 Å². The topological polar surface area (TPSA) is 67.6 Å². The predicted octanol–water partition coefficient (Wildman–Crippen LogP) is 1.12. The first-order chi connectivity index (χ1) is 9.42. The van der Waals surface area contributed by atoms with Crippen LogP contribution in [0, 0.1) is 0 Å². The Labute approximate surface area is 123 Å². The van der Waals surface area contributed by atoms with Gasteiger partial charge in [-0.1, -0.05) is 13.8 Å². The smallest absolute Gasteiger partial charge is 0.237 e. The van der Waals surface area contributed by atoms with Crippen LogP contribution in [0.2, 0.25) is 0 Å².